The second-order valence-corrected chi connectivity index (χ2v) is 7.30. The summed E-state index contributed by atoms with van der Waals surface area (Å²) in [6, 6.07) is 10.7. The lowest BCUT2D eigenvalue weighted by Gasteiger charge is -2.08. The van der Waals surface area contributed by atoms with E-state index in [0.29, 0.717) is 12.4 Å². The molecule has 1 fully saturated rings. The van der Waals surface area contributed by atoms with Gasteiger partial charge in [0, 0.05) is 10.4 Å². The van der Waals surface area contributed by atoms with Gasteiger partial charge in [-0.1, -0.05) is 12.1 Å². The summed E-state index contributed by atoms with van der Waals surface area (Å²) >= 11 is 1.13. The molecule has 1 atom stereocenters. The molecule has 0 radical (unpaired) electrons. The Morgan fingerprint density at radius 3 is 2.70 bits per heavy atom. The zero-order chi connectivity index (χ0) is 14.2. The van der Waals surface area contributed by atoms with Crippen LogP contribution in [0.4, 0.5) is 0 Å². The summed E-state index contributed by atoms with van der Waals surface area (Å²) < 4.78 is 33.6. The number of epoxide rings is 1. The zero-order valence-electron chi connectivity index (χ0n) is 10.5. The lowest BCUT2D eigenvalue weighted by atomic mass is 10.1. The molecule has 0 bridgehead atoms. The largest absolute Gasteiger partial charge is 0.490 e. The minimum absolute atomic E-state index is 0.146. The van der Waals surface area contributed by atoms with Crippen molar-refractivity contribution in [1.29, 1.82) is 0 Å². The van der Waals surface area contributed by atoms with Crippen molar-refractivity contribution in [2.45, 2.75) is 10.3 Å². The average Bonchev–Trinajstić information content (AvgIpc) is 3.09. The van der Waals surface area contributed by atoms with Crippen LogP contribution in [0.2, 0.25) is 0 Å². The second kappa shape index (κ2) is 5.17. The quantitative estimate of drug-likeness (QED) is 0.854. The number of nitrogens with two attached hydrogens (primary N) is 1. The maximum Gasteiger partial charge on any atom is 0.247 e. The van der Waals surface area contributed by atoms with Gasteiger partial charge in [-0.05, 0) is 24.3 Å². The van der Waals surface area contributed by atoms with E-state index in [1.54, 1.807) is 6.07 Å². The molecular weight excluding hydrogens is 298 g/mol. The van der Waals surface area contributed by atoms with Crippen LogP contribution in [-0.4, -0.2) is 27.7 Å². The van der Waals surface area contributed by atoms with E-state index in [-0.39, 0.29) is 10.3 Å². The molecular formula is C13H13NO4S2. The molecule has 7 heteroatoms. The zero-order valence-corrected chi connectivity index (χ0v) is 12.1. The van der Waals surface area contributed by atoms with Crippen molar-refractivity contribution >= 4 is 21.4 Å². The average molecular weight is 311 g/mol. The Kier molecular flexibility index (Phi) is 3.51. The number of sulfonamides is 1. The van der Waals surface area contributed by atoms with Gasteiger partial charge in [0.2, 0.25) is 10.0 Å². The van der Waals surface area contributed by atoms with Gasteiger partial charge in [-0.25, -0.2) is 13.6 Å². The van der Waals surface area contributed by atoms with Gasteiger partial charge >= 0.3 is 0 Å². The van der Waals surface area contributed by atoms with Crippen LogP contribution < -0.4 is 9.88 Å². The van der Waals surface area contributed by atoms with Crippen molar-refractivity contribution in [2.24, 2.45) is 5.14 Å². The summed E-state index contributed by atoms with van der Waals surface area (Å²) in [6.45, 7) is 1.24. The van der Waals surface area contributed by atoms with Gasteiger partial charge in [-0.15, -0.1) is 11.3 Å². The molecule has 1 saturated heterocycles. The van der Waals surface area contributed by atoms with Crippen LogP contribution in [0.15, 0.2) is 40.6 Å². The normalized spacial score (nSPS) is 17.9. The fourth-order valence-corrected chi connectivity index (χ4v) is 3.52. The minimum atomic E-state index is -3.66. The van der Waals surface area contributed by atoms with E-state index in [4.69, 9.17) is 14.6 Å². The Balaban J connectivity index is 1.90. The smallest absolute Gasteiger partial charge is 0.247 e. The lowest BCUT2D eigenvalue weighted by Crippen LogP contribution is -2.09. The van der Waals surface area contributed by atoms with Crippen LogP contribution in [-0.2, 0) is 14.8 Å². The van der Waals surface area contributed by atoms with Crippen LogP contribution in [0.1, 0.15) is 0 Å². The van der Waals surface area contributed by atoms with E-state index in [1.165, 1.54) is 6.07 Å². The third kappa shape index (κ3) is 3.01. The van der Waals surface area contributed by atoms with Gasteiger partial charge in [0.25, 0.3) is 0 Å². The molecule has 2 heterocycles. The first kappa shape index (κ1) is 13.6. The Labute approximate surface area is 121 Å². The molecule has 1 aliphatic rings. The number of hydrogen-bond acceptors (Lipinski definition) is 5. The maximum absolute atomic E-state index is 11.3. The molecule has 3 rings (SSSR count). The van der Waals surface area contributed by atoms with E-state index in [1.807, 2.05) is 24.3 Å². The van der Waals surface area contributed by atoms with E-state index in [2.05, 4.69) is 0 Å². The summed E-state index contributed by atoms with van der Waals surface area (Å²) in [5.74, 6) is 0.714. The molecule has 5 nitrogen and oxygen atoms in total. The predicted octanol–water partition coefficient (Wildman–Crippen LogP) is 1.84. The van der Waals surface area contributed by atoms with Gasteiger partial charge in [0.15, 0.2) is 0 Å². The van der Waals surface area contributed by atoms with Crippen LogP contribution in [0, 0.1) is 0 Å². The number of hydrogen-bond donors (Lipinski definition) is 1. The fourth-order valence-electron chi connectivity index (χ4n) is 1.76. The number of ether oxygens (including phenoxy) is 2. The number of benzene rings is 1. The van der Waals surface area contributed by atoms with E-state index in [0.717, 1.165) is 28.4 Å². The summed E-state index contributed by atoms with van der Waals surface area (Å²) in [6.07, 6.45) is 0.173. The van der Waals surface area contributed by atoms with Gasteiger partial charge in [0.1, 0.15) is 22.7 Å². The molecule has 0 spiro atoms. The molecule has 1 aromatic heterocycles. The van der Waals surface area contributed by atoms with Crippen LogP contribution >= 0.6 is 11.3 Å². The lowest BCUT2D eigenvalue weighted by molar-refractivity contribution is 0.264. The second-order valence-electron chi connectivity index (χ2n) is 4.43. The van der Waals surface area contributed by atoms with Crippen molar-refractivity contribution in [3.05, 3.63) is 36.4 Å². The van der Waals surface area contributed by atoms with E-state index < -0.39 is 10.0 Å². The molecule has 1 aromatic carbocycles. The first-order valence-corrected chi connectivity index (χ1v) is 8.37. The molecule has 0 aliphatic carbocycles. The van der Waals surface area contributed by atoms with E-state index in [9.17, 15) is 8.42 Å². The highest BCUT2D eigenvalue weighted by Crippen LogP contribution is 2.36. The topological polar surface area (TPSA) is 81.9 Å². The number of rotatable bonds is 5. The fraction of sp³-hybridized carbons (Fsp3) is 0.231. The number of primary sulfonamides is 1. The molecule has 106 valence electrons. The summed E-state index contributed by atoms with van der Waals surface area (Å²) in [4.78, 5) is 0.807. The standard InChI is InChI=1S/C13H13NO4S2/c14-20(15,16)13-6-5-12(19-13)10-3-1-2-4-11(10)18-8-9-7-17-9/h1-6,9H,7-8H2,(H2,14,15,16)/t9-/m0/s1. The van der Waals surface area contributed by atoms with Gasteiger partial charge in [-0.3, -0.25) is 0 Å². The molecule has 0 unspecified atom stereocenters. The van der Waals surface area contributed by atoms with E-state index >= 15 is 0 Å². The Hall–Kier alpha value is -1.41. The SMILES string of the molecule is NS(=O)(=O)c1ccc(-c2ccccc2OC[C@@H]2CO2)s1. The summed E-state index contributed by atoms with van der Waals surface area (Å²) in [7, 11) is -3.66. The Morgan fingerprint density at radius 2 is 2.05 bits per heavy atom. The molecule has 20 heavy (non-hydrogen) atoms. The molecule has 0 saturated carbocycles. The first-order chi connectivity index (χ1) is 9.54. The Morgan fingerprint density at radius 1 is 1.30 bits per heavy atom. The Bertz CT molecular complexity index is 719. The highest BCUT2D eigenvalue weighted by molar-refractivity contribution is 7.91. The van der Waals surface area contributed by atoms with Gasteiger partial charge in [-0.2, -0.15) is 0 Å². The molecule has 2 aromatic rings. The van der Waals surface area contributed by atoms with Gasteiger partial charge in [0.05, 0.1) is 6.61 Å². The monoisotopic (exact) mass is 311 g/mol. The minimum Gasteiger partial charge on any atom is -0.490 e. The van der Waals surface area contributed by atoms with Crippen molar-refractivity contribution in [3.8, 4) is 16.2 Å². The highest BCUT2D eigenvalue weighted by atomic mass is 32.2. The molecule has 1 aliphatic heterocycles. The van der Waals surface area contributed by atoms with Gasteiger partial charge < -0.3 is 9.47 Å². The first-order valence-electron chi connectivity index (χ1n) is 6.00. The van der Waals surface area contributed by atoms with Crippen molar-refractivity contribution in [3.63, 3.8) is 0 Å². The van der Waals surface area contributed by atoms with Crippen LogP contribution in [0.25, 0.3) is 10.4 Å². The third-order valence-corrected chi connectivity index (χ3v) is 5.40. The van der Waals surface area contributed by atoms with Crippen molar-refractivity contribution in [1.82, 2.24) is 0 Å². The third-order valence-electron chi connectivity index (χ3n) is 2.84. The van der Waals surface area contributed by atoms with Crippen molar-refractivity contribution in [2.75, 3.05) is 13.2 Å². The molecule has 0 amide bonds. The van der Waals surface area contributed by atoms with Crippen LogP contribution in [0.3, 0.4) is 0 Å². The number of para-hydroxylation sites is 1. The van der Waals surface area contributed by atoms with Crippen molar-refractivity contribution < 1.29 is 17.9 Å². The predicted molar refractivity (Wildman–Crippen MR) is 76.4 cm³/mol. The maximum atomic E-state index is 11.3. The summed E-state index contributed by atoms with van der Waals surface area (Å²) in [5, 5.41) is 5.13. The highest BCUT2D eigenvalue weighted by Gasteiger charge is 2.23. The molecule has 2 N–H and O–H groups in total. The number of thiophene rings is 1. The summed E-state index contributed by atoms with van der Waals surface area (Å²) in [5.41, 5.74) is 0.855. The van der Waals surface area contributed by atoms with Crippen LogP contribution in [0.5, 0.6) is 5.75 Å².